The van der Waals surface area contributed by atoms with Gasteiger partial charge >= 0.3 is 0 Å². The molecule has 2 amide bonds. The second-order valence-electron chi connectivity index (χ2n) is 6.60. The standard InChI is InChI=1S/C24H19FN2O3/c1-2-30-18-14-12-17(13-15-18)26-22-21(16-8-4-3-5-9-16)23(28)27(24(22)29)20-11-7-6-10-19(20)25/h3-15,26H,2H2,1H3. The van der Waals surface area contributed by atoms with Gasteiger partial charge in [-0.15, -0.1) is 0 Å². The van der Waals surface area contributed by atoms with Gasteiger partial charge in [0.1, 0.15) is 17.3 Å². The number of benzene rings is 3. The van der Waals surface area contributed by atoms with Crippen LogP contribution >= 0.6 is 0 Å². The molecule has 0 atom stereocenters. The number of halogens is 1. The Morgan fingerprint density at radius 1 is 0.867 bits per heavy atom. The van der Waals surface area contributed by atoms with Crippen LogP contribution in [0.1, 0.15) is 12.5 Å². The summed E-state index contributed by atoms with van der Waals surface area (Å²) in [4.78, 5) is 27.3. The Hall–Kier alpha value is -3.93. The summed E-state index contributed by atoms with van der Waals surface area (Å²) in [5.74, 6) is -1.14. The van der Waals surface area contributed by atoms with E-state index in [1.54, 1.807) is 54.6 Å². The minimum absolute atomic E-state index is 0.0792. The quantitative estimate of drug-likeness (QED) is 0.611. The van der Waals surface area contributed by atoms with Gasteiger partial charge in [-0.2, -0.15) is 0 Å². The summed E-state index contributed by atoms with van der Waals surface area (Å²) in [6.07, 6.45) is 0. The number of hydrogen-bond donors (Lipinski definition) is 1. The van der Waals surface area contributed by atoms with Crippen molar-refractivity contribution in [2.75, 3.05) is 16.8 Å². The van der Waals surface area contributed by atoms with E-state index in [0.717, 1.165) is 4.90 Å². The number of ether oxygens (including phenoxy) is 1. The molecule has 0 spiro atoms. The van der Waals surface area contributed by atoms with E-state index in [4.69, 9.17) is 4.74 Å². The largest absolute Gasteiger partial charge is 0.494 e. The first-order chi connectivity index (χ1) is 14.6. The van der Waals surface area contributed by atoms with Gasteiger partial charge in [0.05, 0.1) is 17.9 Å². The molecule has 3 aromatic carbocycles. The number of amides is 2. The number of rotatable bonds is 6. The topological polar surface area (TPSA) is 58.6 Å². The van der Waals surface area contributed by atoms with Crippen LogP contribution in [-0.2, 0) is 9.59 Å². The van der Waals surface area contributed by atoms with Crippen molar-refractivity contribution in [2.24, 2.45) is 0 Å². The monoisotopic (exact) mass is 402 g/mol. The first-order valence-corrected chi connectivity index (χ1v) is 9.53. The molecule has 1 heterocycles. The molecule has 0 aromatic heterocycles. The van der Waals surface area contributed by atoms with E-state index < -0.39 is 17.6 Å². The van der Waals surface area contributed by atoms with Crippen LogP contribution in [0.25, 0.3) is 5.57 Å². The predicted octanol–water partition coefficient (Wildman–Crippen LogP) is 4.62. The van der Waals surface area contributed by atoms with Crippen LogP contribution in [0.2, 0.25) is 0 Å². The number of carbonyl (C=O) groups is 2. The molecule has 6 heteroatoms. The molecule has 4 rings (SSSR count). The van der Waals surface area contributed by atoms with Crippen molar-refractivity contribution < 1.29 is 18.7 Å². The highest BCUT2D eigenvalue weighted by Crippen LogP contribution is 2.34. The van der Waals surface area contributed by atoms with Crippen LogP contribution in [0, 0.1) is 5.82 Å². The maximum atomic E-state index is 14.4. The van der Waals surface area contributed by atoms with Gasteiger partial charge < -0.3 is 10.1 Å². The third-order valence-corrected chi connectivity index (χ3v) is 4.67. The minimum atomic E-state index is -0.645. The molecule has 0 saturated heterocycles. The molecule has 150 valence electrons. The maximum absolute atomic E-state index is 14.4. The van der Waals surface area contributed by atoms with E-state index >= 15 is 0 Å². The summed E-state index contributed by atoms with van der Waals surface area (Å²) in [5.41, 5.74) is 1.39. The lowest BCUT2D eigenvalue weighted by atomic mass is 10.0. The fourth-order valence-corrected chi connectivity index (χ4v) is 3.32. The maximum Gasteiger partial charge on any atom is 0.282 e. The lowest BCUT2D eigenvalue weighted by Gasteiger charge is -2.16. The summed E-state index contributed by atoms with van der Waals surface area (Å²) in [6.45, 7) is 2.43. The van der Waals surface area contributed by atoms with Gasteiger partial charge in [0.2, 0.25) is 0 Å². The van der Waals surface area contributed by atoms with E-state index in [1.165, 1.54) is 18.2 Å². The minimum Gasteiger partial charge on any atom is -0.494 e. The van der Waals surface area contributed by atoms with Crippen LogP contribution in [0.5, 0.6) is 5.75 Å². The van der Waals surface area contributed by atoms with Crippen molar-refractivity contribution in [3.63, 3.8) is 0 Å². The average molecular weight is 402 g/mol. The van der Waals surface area contributed by atoms with Crippen LogP contribution in [0.15, 0.2) is 84.6 Å². The molecule has 3 aromatic rings. The molecule has 0 fully saturated rings. The van der Waals surface area contributed by atoms with Crippen molar-refractivity contribution in [3.8, 4) is 5.75 Å². The van der Waals surface area contributed by atoms with Gasteiger partial charge in [-0.25, -0.2) is 9.29 Å². The van der Waals surface area contributed by atoms with Gasteiger partial charge in [0, 0.05) is 5.69 Å². The third kappa shape index (κ3) is 3.55. The molecule has 0 radical (unpaired) electrons. The van der Waals surface area contributed by atoms with Crippen molar-refractivity contribution in [2.45, 2.75) is 6.92 Å². The fraction of sp³-hybridized carbons (Fsp3) is 0.0833. The average Bonchev–Trinajstić information content (AvgIpc) is 3.00. The molecule has 0 unspecified atom stereocenters. The Kier molecular flexibility index (Phi) is 5.30. The normalized spacial score (nSPS) is 13.7. The molecule has 30 heavy (non-hydrogen) atoms. The van der Waals surface area contributed by atoms with E-state index in [1.807, 2.05) is 13.0 Å². The predicted molar refractivity (Wildman–Crippen MR) is 113 cm³/mol. The van der Waals surface area contributed by atoms with Crippen LogP contribution < -0.4 is 15.0 Å². The Morgan fingerprint density at radius 2 is 1.53 bits per heavy atom. The summed E-state index contributed by atoms with van der Waals surface area (Å²) in [5, 5.41) is 3.05. The van der Waals surface area contributed by atoms with Gasteiger partial charge in [0.15, 0.2) is 0 Å². The van der Waals surface area contributed by atoms with Crippen LogP contribution in [0.4, 0.5) is 15.8 Å². The molecule has 5 nitrogen and oxygen atoms in total. The van der Waals surface area contributed by atoms with Gasteiger partial charge in [-0.05, 0) is 48.9 Å². The molecule has 1 aliphatic rings. The van der Waals surface area contributed by atoms with E-state index in [9.17, 15) is 14.0 Å². The van der Waals surface area contributed by atoms with E-state index in [0.29, 0.717) is 23.6 Å². The van der Waals surface area contributed by atoms with Crippen LogP contribution in [0.3, 0.4) is 0 Å². The Labute approximate surface area is 173 Å². The zero-order valence-corrected chi connectivity index (χ0v) is 16.3. The number of hydrogen-bond acceptors (Lipinski definition) is 4. The van der Waals surface area contributed by atoms with E-state index in [-0.39, 0.29) is 17.0 Å². The third-order valence-electron chi connectivity index (χ3n) is 4.67. The summed E-state index contributed by atoms with van der Waals surface area (Å²) in [6, 6.07) is 21.6. The summed E-state index contributed by atoms with van der Waals surface area (Å²) in [7, 11) is 0. The van der Waals surface area contributed by atoms with Crippen molar-refractivity contribution in [1.29, 1.82) is 0 Å². The van der Waals surface area contributed by atoms with Crippen molar-refractivity contribution in [1.82, 2.24) is 0 Å². The van der Waals surface area contributed by atoms with Crippen molar-refractivity contribution in [3.05, 3.63) is 95.9 Å². The van der Waals surface area contributed by atoms with E-state index in [2.05, 4.69) is 5.32 Å². The highest BCUT2D eigenvalue weighted by molar-refractivity contribution is 6.46. The molecule has 1 N–H and O–H groups in total. The van der Waals surface area contributed by atoms with Gasteiger partial charge in [-0.1, -0.05) is 42.5 Å². The molecule has 0 bridgehead atoms. The molecular formula is C24H19FN2O3. The first-order valence-electron chi connectivity index (χ1n) is 9.53. The zero-order valence-electron chi connectivity index (χ0n) is 16.3. The summed E-state index contributed by atoms with van der Waals surface area (Å²) < 4.78 is 19.8. The lowest BCUT2D eigenvalue weighted by Crippen LogP contribution is -2.33. The van der Waals surface area contributed by atoms with Gasteiger partial charge in [-0.3, -0.25) is 9.59 Å². The Morgan fingerprint density at radius 3 is 2.20 bits per heavy atom. The number of imide groups is 1. The number of nitrogens with zero attached hydrogens (tertiary/aromatic N) is 1. The number of carbonyl (C=O) groups excluding carboxylic acids is 2. The van der Waals surface area contributed by atoms with Gasteiger partial charge in [0.25, 0.3) is 11.8 Å². The van der Waals surface area contributed by atoms with Crippen LogP contribution in [-0.4, -0.2) is 18.4 Å². The second kappa shape index (κ2) is 8.21. The second-order valence-corrected chi connectivity index (χ2v) is 6.60. The number of anilines is 2. The highest BCUT2D eigenvalue weighted by Gasteiger charge is 2.41. The molecular weight excluding hydrogens is 383 g/mol. The molecule has 0 aliphatic carbocycles. The summed E-state index contributed by atoms with van der Waals surface area (Å²) >= 11 is 0. The highest BCUT2D eigenvalue weighted by atomic mass is 19.1. The Bertz CT molecular complexity index is 1120. The first kappa shape index (κ1) is 19.4. The SMILES string of the molecule is CCOc1ccc(NC2=C(c3ccccc3)C(=O)N(c3ccccc3F)C2=O)cc1. The molecule has 0 saturated carbocycles. The number of para-hydroxylation sites is 1. The fourth-order valence-electron chi connectivity index (χ4n) is 3.32. The number of nitrogens with one attached hydrogen (secondary N) is 1. The zero-order chi connectivity index (χ0) is 21.1. The molecule has 1 aliphatic heterocycles. The lowest BCUT2D eigenvalue weighted by molar-refractivity contribution is -0.120. The Balaban J connectivity index is 1.77. The van der Waals surface area contributed by atoms with Crippen molar-refractivity contribution >= 4 is 28.8 Å². The smallest absolute Gasteiger partial charge is 0.282 e.